The second kappa shape index (κ2) is 14.7. The van der Waals surface area contributed by atoms with Crippen molar-refractivity contribution in [3.8, 4) is 28.4 Å². The van der Waals surface area contributed by atoms with E-state index in [4.69, 9.17) is 14.6 Å². The van der Waals surface area contributed by atoms with Crippen LogP contribution in [-0.2, 0) is 22.4 Å². The fourth-order valence-electron chi connectivity index (χ4n) is 4.56. The minimum absolute atomic E-state index is 0.0888. The largest absolute Gasteiger partial charge is 0.508 e. The van der Waals surface area contributed by atoms with E-state index in [0.29, 0.717) is 31.1 Å². The Morgan fingerprint density at radius 3 is 2.26 bits per heavy atom. The van der Waals surface area contributed by atoms with Crippen LogP contribution in [-0.4, -0.2) is 50.6 Å². The molecule has 3 aromatic carbocycles. The molecule has 0 aliphatic carbocycles. The van der Waals surface area contributed by atoms with Gasteiger partial charge in [0.25, 0.3) is 0 Å². The van der Waals surface area contributed by atoms with Crippen molar-refractivity contribution >= 4 is 17.0 Å². The van der Waals surface area contributed by atoms with Gasteiger partial charge in [0.2, 0.25) is 0 Å². The van der Waals surface area contributed by atoms with Gasteiger partial charge in [0.05, 0.1) is 17.6 Å². The Morgan fingerprint density at radius 2 is 1.64 bits per heavy atom. The molecule has 0 bridgehead atoms. The maximum absolute atomic E-state index is 10.7. The highest BCUT2D eigenvalue weighted by Crippen LogP contribution is 2.31. The van der Waals surface area contributed by atoms with Crippen molar-refractivity contribution < 1.29 is 28.7 Å². The number of carbonyl (C=O) groups is 1. The zero-order valence-electron chi connectivity index (χ0n) is 23.2. The normalized spacial score (nSPS) is 13.8. The van der Waals surface area contributed by atoms with Gasteiger partial charge >= 0.3 is 5.97 Å². The number of benzene rings is 3. The fourth-order valence-corrected chi connectivity index (χ4v) is 5.33. The number of ether oxygens (including phenoxy) is 2. The molecule has 1 heterocycles. The topological polar surface area (TPSA) is 96.3 Å². The first-order chi connectivity index (χ1) is 18.6. The quantitative estimate of drug-likeness (QED) is 0.291. The first-order valence-electron chi connectivity index (χ1n) is 13.2. The molecule has 210 valence electrons. The molecule has 0 amide bonds. The molecule has 0 radical (unpaired) electrons. The molecule has 3 aromatic rings. The summed E-state index contributed by atoms with van der Waals surface area (Å²) in [7, 11) is -0.708. The molecule has 8 heteroatoms. The summed E-state index contributed by atoms with van der Waals surface area (Å²) in [5.74, 6) is 0.851. The monoisotopic (exact) mass is 553 g/mol. The van der Waals surface area contributed by atoms with Crippen LogP contribution in [0.5, 0.6) is 17.2 Å². The SMILES string of the molecule is CS(=O)N1CCCC1.Cc1ccc(OCc2cccc(-c3c(C)cc(O)cc3C)c2)cc1OCCCC(=O)O. The van der Waals surface area contributed by atoms with E-state index in [0.717, 1.165) is 46.5 Å². The van der Waals surface area contributed by atoms with E-state index in [1.165, 1.54) is 12.8 Å². The summed E-state index contributed by atoms with van der Waals surface area (Å²) in [6.07, 6.45) is 4.73. The molecule has 1 saturated heterocycles. The lowest BCUT2D eigenvalue weighted by atomic mass is 9.94. The number of aliphatic carboxylic acids is 1. The number of carboxylic acid groups (broad SMARTS) is 1. The number of carboxylic acids is 1. The zero-order valence-corrected chi connectivity index (χ0v) is 24.1. The summed E-state index contributed by atoms with van der Waals surface area (Å²) in [6.45, 7) is 8.76. The van der Waals surface area contributed by atoms with Gasteiger partial charge in [-0.25, -0.2) is 8.51 Å². The van der Waals surface area contributed by atoms with Crippen LogP contribution < -0.4 is 9.47 Å². The number of nitrogens with zero attached hydrogens (tertiary/aromatic N) is 1. The summed E-state index contributed by atoms with van der Waals surface area (Å²) in [5.41, 5.74) is 6.27. The second-order valence-corrected chi connectivity index (χ2v) is 11.1. The number of rotatable bonds is 10. The third-order valence-corrected chi connectivity index (χ3v) is 7.61. The second-order valence-electron chi connectivity index (χ2n) is 9.78. The average Bonchev–Trinajstić information content (AvgIpc) is 3.42. The van der Waals surface area contributed by atoms with Crippen LogP contribution in [0.4, 0.5) is 0 Å². The minimum Gasteiger partial charge on any atom is -0.508 e. The molecular weight excluding hydrogens is 514 g/mol. The van der Waals surface area contributed by atoms with E-state index in [1.807, 2.05) is 55.4 Å². The van der Waals surface area contributed by atoms with Crippen molar-refractivity contribution in [2.75, 3.05) is 26.0 Å². The van der Waals surface area contributed by atoms with Crippen molar-refractivity contribution in [2.45, 2.75) is 53.1 Å². The van der Waals surface area contributed by atoms with Crippen LogP contribution in [0.3, 0.4) is 0 Å². The highest BCUT2D eigenvalue weighted by atomic mass is 32.2. The highest BCUT2D eigenvalue weighted by molar-refractivity contribution is 7.81. The summed E-state index contributed by atoms with van der Waals surface area (Å²) in [5, 5.41) is 18.5. The molecule has 1 unspecified atom stereocenters. The lowest BCUT2D eigenvalue weighted by Gasteiger charge is -2.14. The molecule has 1 aliphatic heterocycles. The van der Waals surface area contributed by atoms with E-state index in [9.17, 15) is 14.1 Å². The van der Waals surface area contributed by atoms with Crippen molar-refractivity contribution in [2.24, 2.45) is 0 Å². The Kier molecular flexibility index (Phi) is 11.4. The van der Waals surface area contributed by atoms with Crippen molar-refractivity contribution in [1.29, 1.82) is 0 Å². The lowest BCUT2D eigenvalue weighted by Crippen LogP contribution is -2.20. The minimum atomic E-state index is -0.822. The first kappa shape index (κ1) is 30.2. The lowest BCUT2D eigenvalue weighted by molar-refractivity contribution is -0.137. The van der Waals surface area contributed by atoms with Crippen molar-refractivity contribution in [1.82, 2.24) is 4.31 Å². The smallest absolute Gasteiger partial charge is 0.303 e. The fraction of sp³-hybridized carbons (Fsp3) is 0.387. The number of hydrogen-bond donors (Lipinski definition) is 2. The van der Waals surface area contributed by atoms with Gasteiger partial charge in [-0.05, 0) is 97.7 Å². The standard InChI is InChI=1S/C26H28O5.C5H11NOS/c1-17-9-10-23(15-24(17)30-11-5-8-25(28)29)31-16-20-6-4-7-21(14-20)26-18(2)12-22(27)13-19(26)3;1-8(7)6-4-2-3-5-6/h4,6-7,9-10,12-15,27H,5,8,11,16H2,1-3H3,(H,28,29);2-5H2,1H3. The van der Waals surface area contributed by atoms with Crippen LogP contribution in [0.2, 0.25) is 0 Å². The van der Waals surface area contributed by atoms with E-state index < -0.39 is 17.0 Å². The van der Waals surface area contributed by atoms with Gasteiger partial charge in [-0.3, -0.25) is 4.79 Å². The molecular formula is C31H39NO6S. The number of phenols is 1. The molecule has 39 heavy (non-hydrogen) atoms. The summed E-state index contributed by atoms with van der Waals surface area (Å²) >= 11 is 0. The third-order valence-electron chi connectivity index (χ3n) is 6.52. The van der Waals surface area contributed by atoms with Gasteiger partial charge < -0.3 is 19.7 Å². The number of hydrogen-bond acceptors (Lipinski definition) is 5. The van der Waals surface area contributed by atoms with E-state index in [1.54, 1.807) is 18.4 Å². The summed E-state index contributed by atoms with van der Waals surface area (Å²) < 4.78 is 24.4. The average molecular weight is 554 g/mol. The summed E-state index contributed by atoms with van der Waals surface area (Å²) in [6, 6.07) is 17.4. The van der Waals surface area contributed by atoms with Gasteiger partial charge in [-0.15, -0.1) is 0 Å². The predicted molar refractivity (Wildman–Crippen MR) is 156 cm³/mol. The van der Waals surface area contributed by atoms with E-state index in [-0.39, 0.29) is 12.2 Å². The number of aromatic hydroxyl groups is 1. The van der Waals surface area contributed by atoms with Crippen LogP contribution in [0.1, 0.15) is 47.9 Å². The Labute approximate surface area is 234 Å². The Balaban J connectivity index is 0.000000449. The third kappa shape index (κ3) is 9.41. The van der Waals surface area contributed by atoms with Gasteiger partial charge in [0.15, 0.2) is 0 Å². The Bertz CT molecular complexity index is 1260. The Morgan fingerprint density at radius 1 is 0.949 bits per heavy atom. The molecule has 1 atom stereocenters. The molecule has 1 fully saturated rings. The number of phenolic OH excluding ortho intramolecular Hbond substituents is 1. The molecule has 0 aromatic heterocycles. The molecule has 4 rings (SSSR count). The van der Waals surface area contributed by atoms with Gasteiger partial charge in [-0.2, -0.15) is 0 Å². The van der Waals surface area contributed by atoms with Crippen LogP contribution in [0.15, 0.2) is 54.6 Å². The maximum atomic E-state index is 10.7. The van der Waals surface area contributed by atoms with E-state index >= 15 is 0 Å². The molecule has 2 N–H and O–H groups in total. The molecule has 7 nitrogen and oxygen atoms in total. The van der Waals surface area contributed by atoms with Gasteiger partial charge in [0.1, 0.15) is 23.9 Å². The van der Waals surface area contributed by atoms with Crippen LogP contribution in [0, 0.1) is 20.8 Å². The first-order valence-corrected chi connectivity index (χ1v) is 14.7. The number of aryl methyl sites for hydroxylation is 3. The maximum Gasteiger partial charge on any atom is 0.303 e. The van der Waals surface area contributed by atoms with E-state index in [2.05, 4.69) is 12.1 Å². The van der Waals surface area contributed by atoms with Crippen LogP contribution in [0.25, 0.3) is 11.1 Å². The highest BCUT2D eigenvalue weighted by Gasteiger charge is 2.13. The van der Waals surface area contributed by atoms with Gasteiger partial charge in [0, 0.05) is 31.8 Å². The molecule has 1 aliphatic rings. The Hall–Kier alpha value is -3.36. The molecule has 0 saturated carbocycles. The van der Waals surface area contributed by atoms with Gasteiger partial charge in [-0.1, -0.05) is 24.3 Å². The predicted octanol–water partition coefficient (Wildman–Crippen LogP) is 6.18. The van der Waals surface area contributed by atoms with Crippen molar-refractivity contribution in [3.05, 3.63) is 76.9 Å². The zero-order chi connectivity index (χ0) is 28.4. The van der Waals surface area contributed by atoms with Crippen molar-refractivity contribution in [3.63, 3.8) is 0 Å². The summed E-state index contributed by atoms with van der Waals surface area (Å²) in [4.78, 5) is 10.6. The van der Waals surface area contributed by atoms with Crippen LogP contribution >= 0.6 is 0 Å². The molecule has 0 spiro atoms.